The molecule has 2 aliphatic rings. The summed E-state index contributed by atoms with van der Waals surface area (Å²) >= 11 is 0. The van der Waals surface area contributed by atoms with Crippen molar-refractivity contribution < 1.29 is 4.79 Å². The van der Waals surface area contributed by atoms with Crippen LogP contribution in [0, 0.1) is 6.92 Å². The number of nitrogens with zero attached hydrogens (tertiary/aromatic N) is 4. The average Bonchev–Trinajstić information content (AvgIpc) is 3.39. The molecule has 33 heavy (non-hydrogen) atoms. The highest BCUT2D eigenvalue weighted by Crippen LogP contribution is 2.29. The fourth-order valence-corrected chi connectivity index (χ4v) is 4.94. The predicted molar refractivity (Wildman–Crippen MR) is 137 cm³/mol. The zero-order valence-corrected chi connectivity index (χ0v) is 19.7. The van der Waals surface area contributed by atoms with E-state index in [2.05, 4.69) is 46.0 Å². The maximum Gasteiger partial charge on any atom is 0.259 e. The maximum absolute atomic E-state index is 13.4. The van der Waals surface area contributed by atoms with Gasteiger partial charge in [-0.25, -0.2) is 4.98 Å². The van der Waals surface area contributed by atoms with Gasteiger partial charge in [-0.1, -0.05) is 25.1 Å². The number of nitrogens with one attached hydrogen (secondary N) is 1. The Kier molecular flexibility index (Phi) is 6.18. The van der Waals surface area contributed by atoms with Crippen molar-refractivity contribution in [3.8, 4) is 0 Å². The zero-order valence-electron chi connectivity index (χ0n) is 19.7. The molecule has 2 aliphatic heterocycles. The van der Waals surface area contributed by atoms with Crippen LogP contribution in [0.2, 0.25) is 0 Å². The van der Waals surface area contributed by atoms with E-state index in [1.165, 1.54) is 5.69 Å². The van der Waals surface area contributed by atoms with Crippen LogP contribution in [-0.2, 0) is 0 Å². The van der Waals surface area contributed by atoms with Gasteiger partial charge in [-0.3, -0.25) is 4.79 Å². The SMILES string of the molecule is CCN1CCN(c2ccc(NC(=O)c3cc4ccccc4nc3N3CCCC3)c(C)c2)CC1. The third-order valence-electron chi connectivity index (χ3n) is 7.00. The highest BCUT2D eigenvalue weighted by atomic mass is 16.1. The van der Waals surface area contributed by atoms with Crippen LogP contribution in [0.4, 0.5) is 17.2 Å². The van der Waals surface area contributed by atoms with Gasteiger partial charge in [0.15, 0.2) is 0 Å². The van der Waals surface area contributed by atoms with Crippen LogP contribution in [0.5, 0.6) is 0 Å². The van der Waals surface area contributed by atoms with Crippen molar-refractivity contribution in [1.29, 1.82) is 0 Å². The van der Waals surface area contributed by atoms with E-state index in [9.17, 15) is 4.79 Å². The highest BCUT2D eigenvalue weighted by molar-refractivity contribution is 6.10. The smallest absolute Gasteiger partial charge is 0.259 e. The van der Waals surface area contributed by atoms with Crippen molar-refractivity contribution in [2.45, 2.75) is 26.7 Å². The molecule has 1 aromatic heterocycles. The minimum absolute atomic E-state index is 0.0948. The number of amides is 1. The number of para-hydroxylation sites is 1. The number of aromatic nitrogens is 1. The molecule has 0 saturated carbocycles. The summed E-state index contributed by atoms with van der Waals surface area (Å²) in [6, 6.07) is 16.4. The Morgan fingerprint density at radius 3 is 2.42 bits per heavy atom. The number of pyridine rings is 1. The van der Waals surface area contributed by atoms with Crippen molar-refractivity contribution >= 4 is 34.0 Å². The molecule has 6 nitrogen and oxygen atoms in total. The van der Waals surface area contributed by atoms with Gasteiger partial charge in [0.25, 0.3) is 5.91 Å². The lowest BCUT2D eigenvalue weighted by atomic mass is 10.1. The fraction of sp³-hybridized carbons (Fsp3) is 0.407. The number of aryl methyl sites for hydroxylation is 1. The molecule has 1 N–H and O–H groups in total. The predicted octanol–water partition coefficient (Wildman–Crippen LogP) is 4.54. The van der Waals surface area contributed by atoms with Gasteiger partial charge in [0.1, 0.15) is 5.82 Å². The van der Waals surface area contributed by atoms with Gasteiger partial charge in [0.2, 0.25) is 0 Å². The van der Waals surface area contributed by atoms with E-state index in [1.54, 1.807) is 0 Å². The molecule has 2 fully saturated rings. The molecule has 0 spiro atoms. The Labute approximate surface area is 196 Å². The largest absolute Gasteiger partial charge is 0.369 e. The summed E-state index contributed by atoms with van der Waals surface area (Å²) in [5.74, 6) is 0.703. The van der Waals surface area contributed by atoms with Crippen molar-refractivity contribution in [1.82, 2.24) is 9.88 Å². The lowest BCUT2D eigenvalue weighted by Gasteiger charge is -2.35. The number of carbonyl (C=O) groups excluding carboxylic acids is 1. The topological polar surface area (TPSA) is 51.7 Å². The number of fused-ring (bicyclic) bond motifs is 1. The second-order valence-corrected chi connectivity index (χ2v) is 9.12. The van der Waals surface area contributed by atoms with Gasteiger partial charge < -0.3 is 20.0 Å². The van der Waals surface area contributed by atoms with Gasteiger partial charge in [0.05, 0.1) is 11.1 Å². The second kappa shape index (κ2) is 9.40. The van der Waals surface area contributed by atoms with Crippen molar-refractivity contribution in [2.24, 2.45) is 0 Å². The number of carbonyl (C=O) groups is 1. The van der Waals surface area contributed by atoms with Crippen LogP contribution >= 0.6 is 0 Å². The molecule has 2 aromatic carbocycles. The van der Waals surface area contributed by atoms with E-state index in [-0.39, 0.29) is 5.91 Å². The van der Waals surface area contributed by atoms with Gasteiger partial charge in [0, 0.05) is 56.0 Å². The fourth-order valence-electron chi connectivity index (χ4n) is 4.94. The number of hydrogen-bond donors (Lipinski definition) is 1. The standard InChI is InChI=1S/C27H33N5O/c1-3-30-14-16-31(17-15-30)22-10-11-24(20(2)18-22)29-27(33)23-19-21-8-4-5-9-25(21)28-26(23)32-12-6-7-13-32/h4-5,8-11,18-19H,3,6-7,12-17H2,1-2H3,(H,29,33). The number of likely N-dealkylation sites (N-methyl/N-ethyl adjacent to an activating group) is 1. The molecule has 1 amide bonds. The van der Waals surface area contributed by atoms with E-state index >= 15 is 0 Å². The number of rotatable bonds is 5. The first-order chi connectivity index (χ1) is 16.1. The quantitative estimate of drug-likeness (QED) is 0.628. The number of piperazine rings is 1. The first-order valence-corrected chi connectivity index (χ1v) is 12.2. The maximum atomic E-state index is 13.4. The Morgan fingerprint density at radius 2 is 1.70 bits per heavy atom. The summed E-state index contributed by atoms with van der Waals surface area (Å²) in [5, 5.41) is 4.16. The molecular formula is C27H33N5O. The summed E-state index contributed by atoms with van der Waals surface area (Å²) in [7, 11) is 0. The molecule has 0 radical (unpaired) electrons. The monoisotopic (exact) mass is 443 g/mol. The molecule has 0 aliphatic carbocycles. The van der Waals surface area contributed by atoms with Gasteiger partial charge in [-0.2, -0.15) is 0 Å². The summed E-state index contributed by atoms with van der Waals surface area (Å²) in [4.78, 5) is 25.5. The van der Waals surface area contributed by atoms with Crippen molar-refractivity contribution in [2.75, 3.05) is 60.9 Å². The summed E-state index contributed by atoms with van der Waals surface area (Å²) in [6.07, 6.45) is 2.28. The van der Waals surface area contributed by atoms with Crippen LogP contribution in [0.3, 0.4) is 0 Å². The minimum atomic E-state index is -0.0948. The Balaban J connectivity index is 1.38. The Bertz CT molecular complexity index is 1150. The van der Waals surface area contributed by atoms with Crippen LogP contribution in [-0.4, -0.2) is 61.6 Å². The van der Waals surface area contributed by atoms with E-state index in [4.69, 9.17) is 4.98 Å². The van der Waals surface area contributed by atoms with E-state index in [1.807, 2.05) is 36.4 Å². The molecule has 0 bridgehead atoms. The molecule has 6 heteroatoms. The third-order valence-corrected chi connectivity index (χ3v) is 7.00. The summed E-state index contributed by atoms with van der Waals surface area (Å²) in [5.41, 5.74) is 4.74. The molecule has 2 saturated heterocycles. The summed E-state index contributed by atoms with van der Waals surface area (Å²) in [6.45, 7) is 11.6. The van der Waals surface area contributed by atoms with E-state index < -0.39 is 0 Å². The zero-order chi connectivity index (χ0) is 22.8. The van der Waals surface area contributed by atoms with Crippen molar-refractivity contribution in [3.05, 3.63) is 59.7 Å². The minimum Gasteiger partial charge on any atom is -0.369 e. The Hall–Kier alpha value is -3.12. The molecule has 5 rings (SSSR count). The molecule has 0 unspecified atom stereocenters. The highest BCUT2D eigenvalue weighted by Gasteiger charge is 2.23. The van der Waals surface area contributed by atoms with Crippen LogP contribution in [0.15, 0.2) is 48.5 Å². The number of anilines is 3. The van der Waals surface area contributed by atoms with E-state index in [0.29, 0.717) is 5.56 Å². The van der Waals surface area contributed by atoms with Crippen molar-refractivity contribution in [3.63, 3.8) is 0 Å². The van der Waals surface area contributed by atoms with Crippen LogP contribution in [0.1, 0.15) is 35.7 Å². The first kappa shape index (κ1) is 21.7. The lowest BCUT2D eigenvalue weighted by molar-refractivity contribution is 0.102. The van der Waals surface area contributed by atoms with Gasteiger partial charge in [-0.15, -0.1) is 0 Å². The second-order valence-electron chi connectivity index (χ2n) is 9.12. The third kappa shape index (κ3) is 4.53. The van der Waals surface area contributed by atoms with E-state index in [0.717, 1.165) is 86.6 Å². The van der Waals surface area contributed by atoms with Gasteiger partial charge in [-0.05, 0) is 62.2 Å². The molecular weight excluding hydrogens is 410 g/mol. The number of hydrogen-bond acceptors (Lipinski definition) is 5. The molecule has 0 atom stereocenters. The van der Waals surface area contributed by atoms with Crippen LogP contribution < -0.4 is 15.1 Å². The first-order valence-electron chi connectivity index (χ1n) is 12.2. The lowest BCUT2D eigenvalue weighted by Crippen LogP contribution is -2.46. The summed E-state index contributed by atoms with van der Waals surface area (Å²) < 4.78 is 0. The molecule has 3 aromatic rings. The number of benzene rings is 2. The molecule has 172 valence electrons. The molecule has 3 heterocycles. The Morgan fingerprint density at radius 1 is 0.939 bits per heavy atom. The van der Waals surface area contributed by atoms with Gasteiger partial charge >= 0.3 is 0 Å². The normalized spacial score (nSPS) is 17.0. The average molecular weight is 444 g/mol. The van der Waals surface area contributed by atoms with Crippen LogP contribution in [0.25, 0.3) is 10.9 Å².